The first-order chi connectivity index (χ1) is 16.7. The van der Waals surface area contributed by atoms with Crippen LogP contribution in [0.5, 0.6) is 5.75 Å². The van der Waals surface area contributed by atoms with Gasteiger partial charge in [-0.25, -0.2) is 4.83 Å². The molecule has 0 radical (unpaired) electrons. The van der Waals surface area contributed by atoms with E-state index in [-0.39, 0.29) is 26.8 Å². The number of hydrogen-bond donors (Lipinski definition) is 1. The van der Waals surface area contributed by atoms with Crippen LogP contribution in [0.15, 0.2) is 106 Å². The van der Waals surface area contributed by atoms with E-state index in [1.165, 1.54) is 24.3 Å². The molecule has 178 valence electrons. The molecule has 0 saturated carbocycles. The molecule has 0 saturated heterocycles. The summed E-state index contributed by atoms with van der Waals surface area (Å²) in [5.41, 5.74) is -0.0893. The predicted octanol–water partition coefficient (Wildman–Crippen LogP) is 3.83. The number of para-hydroxylation sites is 1. The van der Waals surface area contributed by atoms with E-state index in [4.69, 9.17) is 4.18 Å². The zero-order chi connectivity index (χ0) is 25.1. The molecule has 1 N–H and O–H groups in total. The second kappa shape index (κ2) is 9.52. The van der Waals surface area contributed by atoms with Crippen LogP contribution in [0, 0.1) is 10.1 Å². The standard InChI is InChI=1S/C23H17N3O7S2/c27-26(28)19-12-14-20(15-13-19)35(31,32)33-22-10-4-2-7-18(22)16-24-25-34(29,30)23-11-5-8-17-6-1-3-9-21(17)23/h1-16,25H/b24-16+. The van der Waals surface area contributed by atoms with Crippen molar-refractivity contribution in [3.8, 4) is 5.75 Å². The fraction of sp³-hybridized carbons (Fsp3) is 0. The van der Waals surface area contributed by atoms with E-state index in [1.54, 1.807) is 42.5 Å². The Bertz CT molecular complexity index is 1650. The summed E-state index contributed by atoms with van der Waals surface area (Å²) < 4.78 is 56.1. The number of hydrazone groups is 1. The Labute approximate surface area is 200 Å². The summed E-state index contributed by atoms with van der Waals surface area (Å²) in [6.45, 7) is 0. The van der Waals surface area contributed by atoms with Crippen molar-refractivity contribution in [1.29, 1.82) is 0 Å². The normalized spacial score (nSPS) is 12.0. The van der Waals surface area contributed by atoms with Crippen LogP contribution in [0.4, 0.5) is 5.69 Å². The summed E-state index contributed by atoms with van der Waals surface area (Å²) in [5, 5.41) is 15.8. The number of nitro benzene ring substituents is 1. The minimum absolute atomic E-state index is 0.0398. The molecular formula is C23H17N3O7S2. The van der Waals surface area contributed by atoms with E-state index >= 15 is 0 Å². The van der Waals surface area contributed by atoms with E-state index in [0.717, 1.165) is 35.9 Å². The second-order valence-electron chi connectivity index (χ2n) is 7.16. The van der Waals surface area contributed by atoms with Crippen molar-refractivity contribution < 1.29 is 25.9 Å². The highest BCUT2D eigenvalue weighted by Crippen LogP contribution is 2.24. The van der Waals surface area contributed by atoms with Crippen LogP contribution >= 0.6 is 0 Å². The van der Waals surface area contributed by atoms with Crippen molar-refractivity contribution in [2.45, 2.75) is 9.79 Å². The molecule has 12 heteroatoms. The van der Waals surface area contributed by atoms with Gasteiger partial charge in [-0.3, -0.25) is 10.1 Å². The van der Waals surface area contributed by atoms with Crippen molar-refractivity contribution >= 4 is 42.8 Å². The highest BCUT2D eigenvalue weighted by atomic mass is 32.2. The third kappa shape index (κ3) is 5.28. The number of non-ortho nitro benzene ring substituents is 1. The zero-order valence-electron chi connectivity index (χ0n) is 17.8. The molecule has 35 heavy (non-hydrogen) atoms. The van der Waals surface area contributed by atoms with Crippen LogP contribution in [0.1, 0.15) is 5.56 Å². The van der Waals surface area contributed by atoms with Gasteiger partial charge in [0.1, 0.15) is 4.90 Å². The average molecular weight is 512 g/mol. The van der Waals surface area contributed by atoms with Gasteiger partial charge in [0.05, 0.1) is 16.0 Å². The summed E-state index contributed by atoms with van der Waals surface area (Å²) in [5.74, 6) is -0.112. The zero-order valence-corrected chi connectivity index (χ0v) is 19.4. The lowest BCUT2D eigenvalue weighted by Crippen LogP contribution is -2.19. The maximum Gasteiger partial charge on any atom is 0.339 e. The molecule has 10 nitrogen and oxygen atoms in total. The summed E-state index contributed by atoms with van der Waals surface area (Å²) in [6, 6.07) is 22.0. The van der Waals surface area contributed by atoms with Gasteiger partial charge < -0.3 is 4.18 Å². The maximum atomic E-state index is 12.8. The van der Waals surface area contributed by atoms with Crippen LogP contribution in [-0.4, -0.2) is 28.0 Å². The molecule has 0 aliphatic rings. The summed E-state index contributed by atoms with van der Waals surface area (Å²) in [6.07, 6.45) is 1.11. The van der Waals surface area contributed by atoms with Crippen LogP contribution in [0.25, 0.3) is 10.8 Å². The van der Waals surface area contributed by atoms with E-state index in [1.807, 2.05) is 0 Å². The number of hydrogen-bond acceptors (Lipinski definition) is 8. The van der Waals surface area contributed by atoms with Crippen molar-refractivity contribution in [3.05, 3.63) is 107 Å². The highest BCUT2D eigenvalue weighted by molar-refractivity contribution is 7.89. The molecule has 0 amide bonds. The number of benzene rings is 4. The quantitative estimate of drug-likeness (QED) is 0.164. The Balaban J connectivity index is 1.56. The van der Waals surface area contributed by atoms with Crippen molar-refractivity contribution in [1.82, 2.24) is 4.83 Å². The Kier molecular flexibility index (Phi) is 6.49. The lowest BCUT2D eigenvalue weighted by molar-refractivity contribution is -0.384. The molecule has 4 aromatic rings. The van der Waals surface area contributed by atoms with E-state index in [0.29, 0.717) is 5.39 Å². The van der Waals surface area contributed by atoms with Crippen molar-refractivity contribution in [2.75, 3.05) is 0 Å². The molecule has 0 aliphatic carbocycles. The number of nitrogens with one attached hydrogen (secondary N) is 1. The highest BCUT2D eigenvalue weighted by Gasteiger charge is 2.20. The van der Waals surface area contributed by atoms with Gasteiger partial charge in [-0.2, -0.15) is 21.9 Å². The molecule has 0 fully saturated rings. The van der Waals surface area contributed by atoms with Gasteiger partial charge in [0.25, 0.3) is 15.7 Å². The van der Waals surface area contributed by atoms with E-state index < -0.39 is 25.1 Å². The predicted molar refractivity (Wildman–Crippen MR) is 129 cm³/mol. The van der Waals surface area contributed by atoms with Crippen LogP contribution in [0.3, 0.4) is 0 Å². The summed E-state index contributed by atoms with van der Waals surface area (Å²) in [7, 11) is -8.34. The fourth-order valence-corrected chi connectivity index (χ4v) is 5.19. The molecule has 0 atom stereocenters. The van der Waals surface area contributed by atoms with Gasteiger partial charge in [-0.15, -0.1) is 0 Å². The SMILES string of the molecule is O=[N+]([O-])c1ccc(S(=O)(=O)Oc2ccccc2/C=N/NS(=O)(=O)c2cccc3ccccc23)cc1. The average Bonchev–Trinajstić information content (AvgIpc) is 2.84. The van der Waals surface area contributed by atoms with Crippen molar-refractivity contribution in [2.24, 2.45) is 5.10 Å². The van der Waals surface area contributed by atoms with Crippen LogP contribution < -0.4 is 9.01 Å². The van der Waals surface area contributed by atoms with Crippen molar-refractivity contribution in [3.63, 3.8) is 0 Å². The van der Waals surface area contributed by atoms with E-state index in [9.17, 15) is 26.9 Å². The Hall–Kier alpha value is -4.29. The summed E-state index contributed by atoms with van der Waals surface area (Å²) >= 11 is 0. The first-order valence-electron chi connectivity index (χ1n) is 9.98. The molecule has 0 heterocycles. The van der Waals surface area contributed by atoms with Gasteiger partial charge in [0.2, 0.25) is 0 Å². The molecule has 0 spiro atoms. The van der Waals surface area contributed by atoms with E-state index in [2.05, 4.69) is 9.93 Å². The fourth-order valence-electron chi connectivity index (χ4n) is 3.21. The molecule has 0 bridgehead atoms. The van der Waals surface area contributed by atoms with Gasteiger partial charge >= 0.3 is 10.1 Å². The summed E-state index contributed by atoms with van der Waals surface area (Å²) in [4.78, 5) is 12.0. The smallest absolute Gasteiger partial charge is 0.339 e. The molecule has 0 aromatic heterocycles. The molecule has 0 aliphatic heterocycles. The van der Waals surface area contributed by atoms with Gasteiger partial charge in [0, 0.05) is 23.1 Å². The first kappa shape index (κ1) is 23.9. The minimum atomic E-state index is -4.32. The third-order valence-corrected chi connectivity index (χ3v) is 7.40. The minimum Gasteiger partial charge on any atom is -0.378 e. The number of sulfonamides is 1. The Morgan fingerprint density at radius 2 is 1.49 bits per heavy atom. The van der Waals surface area contributed by atoms with Gasteiger partial charge in [-0.05, 0) is 35.7 Å². The number of fused-ring (bicyclic) bond motifs is 1. The molecular weight excluding hydrogens is 494 g/mol. The van der Waals surface area contributed by atoms with Gasteiger partial charge in [0.15, 0.2) is 5.75 Å². The lowest BCUT2D eigenvalue weighted by atomic mass is 10.1. The Morgan fingerprint density at radius 1 is 0.829 bits per heavy atom. The van der Waals surface area contributed by atoms with Crippen LogP contribution in [-0.2, 0) is 20.1 Å². The third-order valence-electron chi connectivity index (χ3n) is 4.87. The Morgan fingerprint density at radius 3 is 2.23 bits per heavy atom. The molecule has 0 unspecified atom stereocenters. The topological polar surface area (TPSA) is 145 Å². The largest absolute Gasteiger partial charge is 0.378 e. The monoisotopic (exact) mass is 511 g/mol. The molecule has 4 rings (SSSR count). The maximum absolute atomic E-state index is 12.8. The van der Waals surface area contributed by atoms with Gasteiger partial charge in [-0.1, -0.05) is 48.5 Å². The first-order valence-corrected chi connectivity index (χ1v) is 12.9. The lowest BCUT2D eigenvalue weighted by Gasteiger charge is -2.10. The molecule has 4 aromatic carbocycles. The second-order valence-corrected chi connectivity index (χ2v) is 10.3. The number of rotatable bonds is 8. The van der Waals surface area contributed by atoms with Crippen LogP contribution in [0.2, 0.25) is 0 Å². The number of nitrogens with zero attached hydrogens (tertiary/aromatic N) is 2. The number of nitro groups is 1.